The summed E-state index contributed by atoms with van der Waals surface area (Å²) >= 11 is 1.81. The first-order valence-corrected chi connectivity index (χ1v) is 28.6. The Labute approximate surface area is 470 Å². The standard InChI is InChI=1S/C72H42B2N4O2S/c1-5-19-43(20-6-1)75(44-21-7-2-8-22-44)47-35-61-69-65(37-47)79-63-41-67-53(39-57(63)73(69)55-31-17-29-51-49-27-13-15-33-59(49)77(61)71(51)55)54-40-58-64(42-68(54)81-67)80-66-38-48(76(45-23-9-3-10-24-45)46-25-11-4-12-26-46)36-62-70(66)74(58)56-32-18-30-52-50-28-14-16-34-60(50)78(62)72(52)56/h1-42H. The van der Waals surface area contributed by atoms with E-state index < -0.39 is 0 Å². The summed E-state index contributed by atoms with van der Waals surface area (Å²) in [5.41, 5.74) is 20.8. The summed E-state index contributed by atoms with van der Waals surface area (Å²) < 4.78 is 22.2. The number of benzene rings is 12. The Morgan fingerprint density at radius 3 is 1.07 bits per heavy atom. The lowest BCUT2D eigenvalue weighted by atomic mass is 9.34. The molecule has 0 unspecified atom stereocenters. The Morgan fingerprint density at radius 2 is 0.667 bits per heavy atom. The third-order valence-electron chi connectivity index (χ3n) is 17.7. The van der Waals surface area contributed by atoms with Crippen LogP contribution in [0.3, 0.4) is 0 Å². The maximum absolute atomic E-state index is 7.41. The van der Waals surface area contributed by atoms with Gasteiger partial charge >= 0.3 is 0 Å². The zero-order valence-electron chi connectivity index (χ0n) is 43.4. The minimum Gasteiger partial charge on any atom is -0.458 e. The van der Waals surface area contributed by atoms with Crippen LogP contribution in [-0.2, 0) is 0 Å². The smallest absolute Gasteiger partial charge is 0.256 e. The fourth-order valence-corrected chi connectivity index (χ4v) is 15.6. The van der Waals surface area contributed by atoms with Crippen molar-refractivity contribution in [1.29, 1.82) is 0 Å². The lowest BCUT2D eigenvalue weighted by molar-refractivity contribution is 0.488. The van der Waals surface area contributed by atoms with E-state index >= 15 is 0 Å². The fourth-order valence-electron chi connectivity index (χ4n) is 14.5. The molecule has 7 heterocycles. The van der Waals surface area contributed by atoms with Crippen LogP contribution >= 0.6 is 11.3 Å². The van der Waals surface area contributed by atoms with Gasteiger partial charge in [0.05, 0.1) is 22.4 Å². The first-order valence-electron chi connectivity index (χ1n) is 27.8. The highest BCUT2D eigenvalue weighted by Crippen LogP contribution is 2.48. The van der Waals surface area contributed by atoms with E-state index in [9.17, 15) is 0 Å². The van der Waals surface area contributed by atoms with E-state index in [2.05, 4.69) is 274 Å². The van der Waals surface area contributed by atoms with Crippen LogP contribution in [0.1, 0.15) is 0 Å². The first-order chi connectivity index (χ1) is 40.2. The number of anilines is 6. The van der Waals surface area contributed by atoms with Crippen molar-refractivity contribution in [3.8, 4) is 34.4 Å². The van der Waals surface area contributed by atoms with Crippen LogP contribution in [0.15, 0.2) is 255 Å². The van der Waals surface area contributed by atoms with Crippen LogP contribution in [-0.4, -0.2) is 22.6 Å². The van der Waals surface area contributed by atoms with Crippen LogP contribution in [0.2, 0.25) is 0 Å². The van der Waals surface area contributed by atoms with E-state index in [0.29, 0.717) is 0 Å². The summed E-state index contributed by atoms with van der Waals surface area (Å²) in [6, 6.07) is 93.2. The van der Waals surface area contributed by atoms with Crippen LogP contribution in [0.25, 0.3) is 75.2 Å². The minimum atomic E-state index is -0.0802. The molecule has 0 aliphatic carbocycles. The summed E-state index contributed by atoms with van der Waals surface area (Å²) in [6.07, 6.45) is 0. The highest BCUT2D eigenvalue weighted by molar-refractivity contribution is 7.26. The Balaban J connectivity index is 0.840. The average Bonchev–Trinajstić information content (AvgIpc) is 2.23. The molecule has 0 saturated heterocycles. The van der Waals surface area contributed by atoms with Crippen molar-refractivity contribution in [2.75, 3.05) is 9.80 Å². The van der Waals surface area contributed by atoms with E-state index in [0.717, 1.165) is 68.5 Å². The van der Waals surface area contributed by atoms with E-state index in [1.807, 2.05) is 11.3 Å². The average molecular weight is 1050 g/mol. The van der Waals surface area contributed by atoms with Crippen LogP contribution in [0.5, 0.6) is 23.0 Å². The van der Waals surface area contributed by atoms with Crippen LogP contribution < -0.4 is 52.1 Å². The van der Waals surface area contributed by atoms with Crippen molar-refractivity contribution in [2.45, 2.75) is 0 Å². The number of nitrogens with zero attached hydrogens (tertiary/aromatic N) is 4. The molecule has 0 fully saturated rings. The van der Waals surface area contributed by atoms with Crippen molar-refractivity contribution in [3.05, 3.63) is 255 Å². The monoisotopic (exact) mass is 1050 g/mol. The lowest BCUT2D eigenvalue weighted by Gasteiger charge is -2.35. The van der Waals surface area contributed by atoms with Crippen molar-refractivity contribution in [1.82, 2.24) is 9.13 Å². The third kappa shape index (κ3) is 5.97. The SMILES string of the molecule is c1ccc(N(c2ccccc2)c2cc3c4c(c2)-n2c5ccccc5c5cccc(c52)B4c2cc4c(cc2O3)sc2cc3c(cc24)B2c4c(cc(N(c5ccccc5)c5ccccc5)cc4-n4c5ccccc5c5cccc2c54)O3)cc1. The number of thiophene rings is 1. The second kappa shape index (κ2) is 16.2. The molecule has 0 saturated carbocycles. The number of hydrogen-bond donors (Lipinski definition) is 0. The molecule has 4 aliphatic heterocycles. The van der Waals surface area contributed by atoms with E-state index in [1.165, 1.54) is 96.6 Å². The number of fused-ring (bicyclic) bond motifs is 17. The first kappa shape index (κ1) is 43.7. The molecule has 4 aliphatic rings. The molecule has 0 bridgehead atoms. The zero-order chi connectivity index (χ0) is 52.6. The molecule has 15 aromatic rings. The summed E-state index contributed by atoms with van der Waals surface area (Å²) in [7, 11) is 0. The second-order valence-corrected chi connectivity index (χ2v) is 23.0. The Hall–Kier alpha value is -10.2. The largest absolute Gasteiger partial charge is 0.458 e. The predicted octanol–water partition coefficient (Wildman–Crippen LogP) is 15.1. The fraction of sp³-hybridized carbons (Fsp3) is 0. The van der Waals surface area contributed by atoms with Gasteiger partial charge in [-0.05, 0) is 118 Å². The summed E-state index contributed by atoms with van der Waals surface area (Å²) in [5.74, 6) is 3.52. The molecule has 12 aromatic carbocycles. The number of hydrogen-bond acceptors (Lipinski definition) is 5. The Kier molecular flexibility index (Phi) is 8.75. The minimum absolute atomic E-state index is 0.0802. The van der Waals surface area contributed by atoms with Gasteiger partial charge in [0, 0.05) is 99.0 Å². The molecular weight excluding hydrogens is 1010 g/mol. The highest BCUT2D eigenvalue weighted by atomic mass is 32.1. The molecule has 0 amide bonds. The summed E-state index contributed by atoms with van der Waals surface area (Å²) in [4.78, 5) is 4.70. The van der Waals surface area contributed by atoms with Gasteiger partial charge in [0.25, 0.3) is 13.4 Å². The van der Waals surface area contributed by atoms with Gasteiger partial charge in [0.1, 0.15) is 23.0 Å². The van der Waals surface area contributed by atoms with E-state index in [-0.39, 0.29) is 13.4 Å². The summed E-state index contributed by atoms with van der Waals surface area (Å²) in [5, 5.41) is 7.45. The lowest BCUT2D eigenvalue weighted by Crippen LogP contribution is -2.58. The third-order valence-corrected chi connectivity index (χ3v) is 18.8. The Bertz CT molecular complexity index is 4810. The molecule has 6 nitrogen and oxygen atoms in total. The predicted molar refractivity (Wildman–Crippen MR) is 340 cm³/mol. The summed E-state index contributed by atoms with van der Waals surface area (Å²) in [6.45, 7) is -0.160. The molecule has 0 radical (unpaired) electrons. The zero-order valence-corrected chi connectivity index (χ0v) is 44.2. The molecule has 374 valence electrons. The normalized spacial score (nSPS) is 13.1. The van der Waals surface area contributed by atoms with Crippen molar-refractivity contribution in [2.24, 2.45) is 0 Å². The highest BCUT2D eigenvalue weighted by Gasteiger charge is 2.44. The van der Waals surface area contributed by atoms with Gasteiger partial charge in [0.15, 0.2) is 0 Å². The van der Waals surface area contributed by atoms with Crippen molar-refractivity contribution < 1.29 is 9.47 Å². The van der Waals surface area contributed by atoms with Gasteiger partial charge in [-0.15, -0.1) is 11.3 Å². The molecule has 0 spiro atoms. The quantitative estimate of drug-likeness (QED) is 0.155. The maximum atomic E-state index is 7.41. The van der Waals surface area contributed by atoms with Crippen molar-refractivity contribution >= 4 is 155 Å². The van der Waals surface area contributed by atoms with Gasteiger partial charge in [0.2, 0.25) is 0 Å². The maximum Gasteiger partial charge on any atom is 0.256 e. The molecule has 0 atom stereocenters. The van der Waals surface area contributed by atoms with Gasteiger partial charge < -0.3 is 28.4 Å². The second-order valence-electron chi connectivity index (χ2n) is 21.9. The number of ether oxygens (including phenoxy) is 2. The number of para-hydroxylation sites is 8. The van der Waals surface area contributed by atoms with Gasteiger partial charge in [-0.3, -0.25) is 0 Å². The molecule has 0 N–H and O–H groups in total. The van der Waals surface area contributed by atoms with Gasteiger partial charge in [-0.1, -0.05) is 158 Å². The van der Waals surface area contributed by atoms with E-state index in [1.54, 1.807) is 0 Å². The van der Waals surface area contributed by atoms with E-state index in [4.69, 9.17) is 9.47 Å². The number of aromatic nitrogens is 2. The van der Waals surface area contributed by atoms with Crippen molar-refractivity contribution in [3.63, 3.8) is 0 Å². The van der Waals surface area contributed by atoms with Crippen LogP contribution in [0.4, 0.5) is 34.1 Å². The molecule has 9 heteroatoms. The molecule has 19 rings (SSSR count). The van der Waals surface area contributed by atoms with Crippen LogP contribution in [0, 0.1) is 0 Å². The van der Waals surface area contributed by atoms with Gasteiger partial charge in [-0.2, -0.15) is 0 Å². The molecule has 3 aromatic heterocycles. The Morgan fingerprint density at radius 1 is 0.296 bits per heavy atom. The topological polar surface area (TPSA) is 34.8 Å². The molecule has 81 heavy (non-hydrogen) atoms. The molecular formula is C72H42B2N4O2S. The number of rotatable bonds is 6. The van der Waals surface area contributed by atoms with Gasteiger partial charge in [-0.25, -0.2) is 0 Å².